The smallest absolute Gasteiger partial charge is 0.250 e. The van der Waals surface area contributed by atoms with Crippen molar-refractivity contribution >= 4 is 33.9 Å². The van der Waals surface area contributed by atoms with Crippen molar-refractivity contribution in [1.82, 2.24) is 14.5 Å². The lowest BCUT2D eigenvalue weighted by molar-refractivity contribution is 0.180. The molecule has 2 aliphatic rings. The van der Waals surface area contributed by atoms with E-state index in [4.69, 9.17) is 12.2 Å². The molecule has 5 nitrogen and oxygen atoms in total. The summed E-state index contributed by atoms with van der Waals surface area (Å²) in [6, 6.07) is 15.6. The van der Waals surface area contributed by atoms with Gasteiger partial charge in [-0.15, -0.1) is 0 Å². The van der Waals surface area contributed by atoms with Crippen LogP contribution < -0.4 is 10.9 Å². The van der Waals surface area contributed by atoms with Crippen molar-refractivity contribution in [2.45, 2.75) is 18.9 Å². The SMILES string of the molecule is O=c1cccc2n1C[C@H]1C[C@H]2CN(C(=S)Nc2cccc3ncccc23)C1. The Morgan fingerprint density at radius 3 is 2.89 bits per heavy atom. The molecule has 2 aliphatic heterocycles. The van der Waals surface area contributed by atoms with Crippen molar-refractivity contribution in [3.05, 3.63) is 70.8 Å². The van der Waals surface area contributed by atoms with Crippen molar-refractivity contribution in [1.29, 1.82) is 0 Å². The van der Waals surface area contributed by atoms with Crippen LogP contribution in [-0.4, -0.2) is 32.7 Å². The second-order valence-corrected chi connectivity index (χ2v) is 7.80. The highest BCUT2D eigenvalue weighted by atomic mass is 32.1. The molecule has 2 atom stereocenters. The number of likely N-dealkylation sites (tertiary alicyclic amines) is 1. The molecule has 0 unspecified atom stereocenters. The number of rotatable bonds is 1. The normalized spacial score (nSPS) is 21.0. The highest BCUT2D eigenvalue weighted by molar-refractivity contribution is 7.80. The van der Waals surface area contributed by atoms with Gasteiger partial charge in [0.25, 0.3) is 5.56 Å². The lowest BCUT2D eigenvalue weighted by atomic mass is 9.83. The van der Waals surface area contributed by atoms with Crippen LogP contribution in [0.15, 0.2) is 59.5 Å². The molecule has 2 bridgehead atoms. The molecule has 1 fully saturated rings. The molecule has 1 aromatic carbocycles. The molecule has 5 rings (SSSR count). The van der Waals surface area contributed by atoms with E-state index in [0.29, 0.717) is 11.8 Å². The van der Waals surface area contributed by atoms with Gasteiger partial charge in [0, 0.05) is 54.6 Å². The molecule has 27 heavy (non-hydrogen) atoms. The number of thiocarbonyl (C=S) groups is 1. The average molecular weight is 376 g/mol. The van der Waals surface area contributed by atoms with Crippen LogP contribution in [0.5, 0.6) is 0 Å². The summed E-state index contributed by atoms with van der Waals surface area (Å²) < 4.78 is 1.95. The number of piperidine rings is 1. The molecule has 4 heterocycles. The summed E-state index contributed by atoms with van der Waals surface area (Å²) in [6.45, 7) is 2.50. The van der Waals surface area contributed by atoms with Crippen LogP contribution >= 0.6 is 12.2 Å². The van der Waals surface area contributed by atoms with Crippen molar-refractivity contribution in [3.63, 3.8) is 0 Å². The second kappa shape index (κ2) is 6.46. The number of pyridine rings is 2. The molecule has 0 spiro atoms. The van der Waals surface area contributed by atoms with E-state index in [2.05, 4.69) is 27.3 Å². The van der Waals surface area contributed by atoms with Crippen molar-refractivity contribution < 1.29 is 0 Å². The lowest BCUT2D eigenvalue weighted by Crippen LogP contribution is -2.50. The average Bonchev–Trinajstić information content (AvgIpc) is 2.69. The molecule has 0 amide bonds. The maximum absolute atomic E-state index is 12.2. The van der Waals surface area contributed by atoms with Crippen LogP contribution in [0, 0.1) is 5.92 Å². The monoisotopic (exact) mass is 376 g/mol. The maximum atomic E-state index is 12.2. The first-order chi connectivity index (χ1) is 13.2. The predicted molar refractivity (Wildman–Crippen MR) is 111 cm³/mol. The van der Waals surface area contributed by atoms with Gasteiger partial charge in [0.1, 0.15) is 0 Å². The zero-order valence-electron chi connectivity index (χ0n) is 14.8. The number of nitrogens with one attached hydrogen (secondary N) is 1. The summed E-state index contributed by atoms with van der Waals surface area (Å²) in [6.07, 6.45) is 2.93. The minimum Gasteiger partial charge on any atom is -0.348 e. The zero-order valence-corrected chi connectivity index (χ0v) is 15.7. The summed E-state index contributed by atoms with van der Waals surface area (Å²) in [5.74, 6) is 0.797. The van der Waals surface area contributed by atoms with E-state index in [0.717, 1.165) is 53.5 Å². The first-order valence-electron chi connectivity index (χ1n) is 9.28. The highest BCUT2D eigenvalue weighted by Gasteiger charge is 2.35. The van der Waals surface area contributed by atoms with Crippen molar-refractivity contribution in [2.75, 3.05) is 18.4 Å². The Hall–Kier alpha value is -2.73. The van der Waals surface area contributed by atoms with Crippen molar-refractivity contribution in [3.8, 4) is 0 Å². The van der Waals surface area contributed by atoms with Crippen LogP contribution in [0.25, 0.3) is 10.9 Å². The Bertz CT molecular complexity index is 1090. The summed E-state index contributed by atoms with van der Waals surface area (Å²) in [5.41, 5.74) is 3.19. The summed E-state index contributed by atoms with van der Waals surface area (Å²) in [7, 11) is 0. The standard InChI is InChI=1S/C21H20N4OS/c26-20-8-2-7-19-15-10-14(12-25(19)20)11-24(13-15)21(27)23-18-6-1-5-17-16(18)4-3-9-22-17/h1-9,14-15H,10-13H2,(H,23,27)/t14-,15-/m0/s1. The molecule has 3 aromatic rings. The number of nitrogens with zero attached hydrogens (tertiary/aromatic N) is 3. The van der Waals surface area contributed by atoms with Gasteiger partial charge in [-0.05, 0) is 54.9 Å². The lowest BCUT2D eigenvalue weighted by Gasteiger charge is -2.43. The maximum Gasteiger partial charge on any atom is 0.250 e. The van der Waals surface area contributed by atoms with Crippen LogP contribution in [0.2, 0.25) is 0 Å². The summed E-state index contributed by atoms with van der Waals surface area (Å²) in [4.78, 5) is 18.8. The Kier molecular flexibility index (Phi) is 3.93. The molecular weight excluding hydrogens is 356 g/mol. The first-order valence-corrected chi connectivity index (χ1v) is 9.69. The Morgan fingerprint density at radius 2 is 1.96 bits per heavy atom. The van der Waals surface area contributed by atoms with Gasteiger partial charge in [0.2, 0.25) is 0 Å². The van der Waals surface area contributed by atoms with Crippen molar-refractivity contribution in [2.24, 2.45) is 5.92 Å². The minimum absolute atomic E-state index is 0.111. The van der Waals surface area contributed by atoms with Gasteiger partial charge >= 0.3 is 0 Å². The first kappa shape index (κ1) is 16.4. The summed E-state index contributed by atoms with van der Waals surface area (Å²) >= 11 is 5.75. The minimum atomic E-state index is 0.111. The largest absolute Gasteiger partial charge is 0.348 e. The van der Waals surface area contributed by atoms with E-state index in [9.17, 15) is 4.79 Å². The molecule has 1 saturated heterocycles. The van der Waals surface area contributed by atoms with Gasteiger partial charge in [-0.1, -0.05) is 12.1 Å². The quantitative estimate of drug-likeness (QED) is 0.661. The fraction of sp³-hybridized carbons (Fsp3) is 0.286. The molecule has 0 aliphatic carbocycles. The van der Waals surface area contributed by atoms with Crippen LogP contribution in [0.3, 0.4) is 0 Å². The number of hydrogen-bond donors (Lipinski definition) is 1. The zero-order chi connectivity index (χ0) is 18.4. The number of fused-ring (bicyclic) bond motifs is 5. The third-order valence-corrected chi connectivity index (χ3v) is 6.01. The molecule has 136 valence electrons. The van der Waals surface area contributed by atoms with Gasteiger partial charge in [-0.2, -0.15) is 0 Å². The van der Waals surface area contributed by atoms with E-state index in [1.54, 1.807) is 12.3 Å². The highest BCUT2D eigenvalue weighted by Crippen LogP contribution is 2.35. The van der Waals surface area contributed by atoms with Crippen LogP contribution in [-0.2, 0) is 6.54 Å². The van der Waals surface area contributed by atoms with Gasteiger partial charge < -0.3 is 14.8 Å². The third-order valence-electron chi connectivity index (χ3n) is 5.65. The van der Waals surface area contributed by atoms with Gasteiger partial charge in [-0.3, -0.25) is 9.78 Å². The molecular formula is C21H20N4OS. The van der Waals surface area contributed by atoms with E-state index in [1.807, 2.05) is 34.9 Å². The van der Waals surface area contributed by atoms with E-state index in [-0.39, 0.29) is 5.56 Å². The van der Waals surface area contributed by atoms with Gasteiger partial charge in [-0.25, -0.2) is 0 Å². The molecule has 1 N–H and O–H groups in total. The number of hydrogen-bond acceptors (Lipinski definition) is 3. The fourth-order valence-corrected chi connectivity index (χ4v) is 4.73. The molecule has 0 radical (unpaired) electrons. The third kappa shape index (κ3) is 2.90. The van der Waals surface area contributed by atoms with Crippen LogP contribution in [0.1, 0.15) is 18.0 Å². The van der Waals surface area contributed by atoms with E-state index >= 15 is 0 Å². The Balaban J connectivity index is 1.40. The predicted octanol–water partition coefficient (Wildman–Crippen LogP) is 3.21. The summed E-state index contributed by atoms with van der Waals surface area (Å²) in [5, 5.41) is 5.24. The Morgan fingerprint density at radius 1 is 1.07 bits per heavy atom. The fourth-order valence-electron chi connectivity index (χ4n) is 4.47. The molecule has 0 saturated carbocycles. The van der Waals surface area contributed by atoms with E-state index < -0.39 is 0 Å². The molecule has 6 heteroatoms. The van der Waals surface area contributed by atoms with E-state index in [1.165, 1.54) is 0 Å². The van der Waals surface area contributed by atoms with Gasteiger partial charge in [0.05, 0.1) is 5.52 Å². The van der Waals surface area contributed by atoms with Gasteiger partial charge in [0.15, 0.2) is 5.11 Å². The number of anilines is 1. The van der Waals surface area contributed by atoms with Crippen LogP contribution in [0.4, 0.5) is 5.69 Å². The Labute approximate surface area is 162 Å². The topological polar surface area (TPSA) is 50.2 Å². The number of aromatic nitrogens is 2. The second-order valence-electron chi connectivity index (χ2n) is 7.41. The molecule has 2 aromatic heterocycles. The number of benzene rings is 1.